The van der Waals surface area contributed by atoms with Gasteiger partial charge in [0.1, 0.15) is 0 Å². The number of hydrogen-bond acceptors (Lipinski definition) is 4. The standard InChI is InChI=1S/C40H25N5/c1-3-13-26(14-4-1)38-42-39(27-15-5-2-6-16-27)44-40(43-38)45-35-22-12-10-19-31(35)32-24-23-28(25-36(32)45)37-33-20-8-7-17-29(33)30-18-9-11-21-34(30)41-37/h1-25H. The molecule has 0 aliphatic rings. The SMILES string of the molecule is c1ccc(-c2nc(-c3ccccc3)nc(-n3c4ccccc4c4ccc(-c5nc6ccccc6c6ccccc56)cc43)n2)cc1. The Morgan fingerprint density at radius 2 is 0.911 bits per heavy atom. The molecule has 6 aromatic carbocycles. The molecule has 0 unspecified atom stereocenters. The maximum atomic E-state index is 5.19. The highest BCUT2D eigenvalue weighted by molar-refractivity contribution is 6.13. The molecule has 9 aromatic rings. The first-order valence-corrected chi connectivity index (χ1v) is 15.0. The monoisotopic (exact) mass is 575 g/mol. The zero-order chi connectivity index (χ0) is 29.7. The van der Waals surface area contributed by atoms with E-state index in [1.54, 1.807) is 0 Å². The molecule has 9 rings (SSSR count). The molecule has 0 amide bonds. The van der Waals surface area contributed by atoms with Gasteiger partial charge in [-0.3, -0.25) is 4.57 Å². The molecule has 0 N–H and O–H groups in total. The van der Waals surface area contributed by atoms with E-state index in [4.69, 9.17) is 19.9 Å². The molecule has 0 saturated heterocycles. The molecule has 0 fully saturated rings. The number of rotatable bonds is 4. The average Bonchev–Trinajstić information content (AvgIpc) is 3.45. The van der Waals surface area contributed by atoms with E-state index in [0.717, 1.165) is 60.5 Å². The van der Waals surface area contributed by atoms with Crippen molar-refractivity contribution in [2.24, 2.45) is 0 Å². The molecule has 5 nitrogen and oxygen atoms in total. The molecule has 0 aliphatic carbocycles. The van der Waals surface area contributed by atoms with Crippen molar-refractivity contribution in [2.45, 2.75) is 0 Å². The first kappa shape index (κ1) is 25.3. The van der Waals surface area contributed by atoms with Gasteiger partial charge < -0.3 is 0 Å². The number of benzene rings is 6. The Morgan fingerprint density at radius 3 is 1.62 bits per heavy atom. The molecule has 0 bridgehead atoms. The van der Waals surface area contributed by atoms with Crippen molar-refractivity contribution in [2.75, 3.05) is 0 Å². The maximum Gasteiger partial charge on any atom is 0.238 e. The van der Waals surface area contributed by atoms with E-state index in [-0.39, 0.29) is 0 Å². The second kappa shape index (κ2) is 10.2. The van der Waals surface area contributed by atoms with Gasteiger partial charge in [-0.2, -0.15) is 9.97 Å². The minimum atomic E-state index is 0.572. The second-order valence-electron chi connectivity index (χ2n) is 11.1. The van der Waals surface area contributed by atoms with Crippen LogP contribution in [0.25, 0.3) is 83.5 Å². The minimum absolute atomic E-state index is 0.572. The van der Waals surface area contributed by atoms with Crippen LogP contribution >= 0.6 is 0 Å². The Kier molecular flexibility index (Phi) is 5.74. The van der Waals surface area contributed by atoms with Crippen LogP contribution in [0.1, 0.15) is 0 Å². The Morgan fingerprint density at radius 1 is 0.356 bits per heavy atom. The van der Waals surface area contributed by atoms with Gasteiger partial charge in [0.15, 0.2) is 11.6 Å². The lowest BCUT2D eigenvalue weighted by Crippen LogP contribution is -2.06. The predicted octanol–water partition coefficient (Wildman–Crippen LogP) is 9.67. The van der Waals surface area contributed by atoms with E-state index in [9.17, 15) is 0 Å². The third-order valence-electron chi connectivity index (χ3n) is 8.44. The smallest absolute Gasteiger partial charge is 0.238 e. The fourth-order valence-corrected chi connectivity index (χ4v) is 6.35. The average molecular weight is 576 g/mol. The zero-order valence-electron chi connectivity index (χ0n) is 24.2. The van der Waals surface area contributed by atoms with Crippen molar-refractivity contribution in [1.82, 2.24) is 24.5 Å². The summed E-state index contributed by atoms with van der Waals surface area (Å²) in [7, 11) is 0. The van der Waals surface area contributed by atoms with Gasteiger partial charge >= 0.3 is 0 Å². The van der Waals surface area contributed by atoms with Crippen LogP contribution in [0.15, 0.2) is 152 Å². The highest BCUT2D eigenvalue weighted by Gasteiger charge is 2.19. The van der Waals surface area contributed by atoms with E-state index in [1.807, 2.05) is 66.7 Å². The normalized spacial score (nSPS) is 11.6. The summed E-state index contributed by atoms with van der Waals surface area (Å²) in [6, 6.07) is 52.1. The van der Waals surface area contributed by atoms with Crippen molar-refractivity contribution in [1.29, 1.82) is 0 Å². The van der Waals surface area contributed by atoms with Crippen molar-refractivity contribution in [3.63, 3.8) is 0 Å². The summed E-state index contributed by atoms with van der Waals surface area (Å²) in [4.78, 5) is 20.3. The lowest BCUT2D eigenvalue weighted by molar-refractivity contribution is 0.953. The number of para-hydroxylation sites is 2. The van der Waals surface area contributed by atoms with Gasteiger partial charge in [0.2, 0.25) is 5.95 Å². The Hall–Kier alpha value is -6.20. The van der Waals surface area contributed by atoms with Crippen LogP contribution in [-0.2, 0) is 0 Å². The quantitative estimate of drug-likeness (QED) is 0.196. The molecule has 0 radical (unpaired) electrons. The largest absolute Gasteiger partial charge is 0.278 e. The molecular weight excluding hydrogens is 550 g/mol. The van der Waals surface area contributed by atoms with E-state index in [1.165, 1.54) is 5.39 Å². The number of aromatic nitrogens is 5. The Labute approximate surface area is 259 Å². The van der Waals surface area contributed by atoms with E-state index in [0.29, 0.717) is 17.6 Å². The van der Waals surface area contributed by atoms with Crippen molar-refractivity contribution >= 4 is 43.5 Å². The van der Waals surface area contributed by atoms with Crippen LogP contribution < -0.4 is 0 Å². The summed E-state index contributed by atoms with van der Waals surface area (Å²) in [5, 5.41) is 5.73. The molecule has 0 saturated carbocycles. The molecule has 3 heterocycles. The van der Waals surface area contributed by atoms with Crippen molar-refractivity contribution in [3.05, 3.63) is 152 Å². The lowest BCUT2D eigenvalue weighted by Gasteiger charge is -2.12. The summed E-state index contributed by atoms with van der Waals surface area (Å²) < 4.78 is 2.16. The van der Waals surface area contributed by atoms with Crippen LogP contribution in [0.5, 0.6) is 0 Å². The molecular formula is C40H25N5. The number of pyridine rings is 1. The third-order valence-corrected chi connectivity index (χ3v) is 8.44. The number of fused-ring (bicyclic) bond motifs is 6. The lowest BCUT2D eigenvalue weighted by atomic mass is 9.99. The second-order valence-corrected chi connectivity index (χ2v) is 11.1. The van der Waals surface area contributed by atoms with Gasteiger partial charge in [0.25, 0.3) is 0 Å². The fourth-order valence-electron chi connectivity index (χ4n) is 6.35. The first-order chi connectivity index (χ1) is 22.3. The van der Waals surface area contributed by atoms with Crippen molar-refractivity contribution in [3.8, 4) is 40.0 Å². The van der Waals surface area contributed by atoms with Gasteiger partial charge in [-0.05, 0) is 23.6 Å². The molecule has 210 valence electrons. The van der Waals surface area contributed by atoms with Gasteiger partial charge in [-0.25, -0.2) is 9.97 Å². The summed E-state index contributed by atoms with van der Waals surface area (Å²) in [6.07, 6.45) is 0. The topological polar surface area (TPSA) is 56.5 Å². The first-order valence-electron chi connectivity index (χ1n) is 15.0. The summed E-state index contributed by atoms with van der Waals surface area (Å²) in [6.45, 7) is 0. The number of nitrogens with zero attached hydrogens (tertiary/aromatic N) is 5. The zero-order valence-corrected chi connectivity index (χ0v) is 24.2. The Bertz CT molecular complexity index is 2480. The van der Waals surface area contributed by atoms with Crippen LogP contribution in [0, 0.1) is 0 Å². The van der Waals surface area contributed by atoms with Crippen LogP contribution in [0.2, 0.25) is 0 Å². The molecule has 0 aliphatic heterocycles. The highest BCUT2D eigenvalue weighted by atomic mass is 15.2. The minimum Gasteiger partial charge on any atom is -0.278 e. The van der Waals surface area contributed by atoms with Crippen LogP contribution in [0.4, 0.5) is 0 Å². The van der Waals surface area contributed by atoms with Gasteiger partial charge in [0, 0.05) is 38.2 Å². The molecule has 0 spiro atoms. The van der Waals surface area contributed by atoms with Crippen LogP contribution in [0.3, 0.4) is 0 Å². The Balaban J connectivity index is 1.35. The fraction of sp³-hybridized carbons (Fsp3) is 0. The van der Waals surface area contributed by atoms with Crippen LogP contribution in [-0.4, -0.2) is 24.5 Å². The van der Waals surface area contributed by atoms with Gasteiger partial charge in [0.05, 0.1) is 22.2 Å². The highest BCUT2D eigenvalue weighted by Crippen LogP contribution is 2.37. The third kappa shape index (κ3) is 4.17. The maximum absolute atomic E-state index is 5.19. The van der Waals surface area contributed by atoms with E-state index < -0.39 is 0 Å². The molecule has 3 aromatic heterocycles. The van der Waals surface area contributed by atoms with Gasteiger partial charge in [-0.15, -0.1) is 0 Å². The molecule has 0 atom stereocenters. The van der Waals surface area contributed by atoms with E-state index >= 15 is 0 Å². The number of hydrogen-bond donors (Lipinski definition) is 0. The summed E-state index contributed by atoms with van der Waals surface area (Å²) in [5.41, 5.74) is 6.88. The molecule has 5 heteroatoms. The molecule has 45 heavy (non-hydrogen) atoms. The summed E-state index contributed by atoms with van der Waals surface area (Å²) in [5.74, 6) is 1.83. The van der Waals surface area contributed by atoms with E-state index in [2.05, 4.69) is 89.5 Å². The predicted molar refractivity (Wildman–Crippen MR) is 183 cm³/mol. The van der Waals surface area contributed by atoms with Crippen molar-refractivity contribution < 1.29 is 0 Å². The summed E-state index contributed by atoms with van der Waals surface area (Å²) >= 11 is 0. The van der Waals surface area contributed by atoms with Gasteiger partial charge in [-0.1, -0.05) is 133 Å².